The predicted octanol–water partition coefficient (Wildman–Crippen LogP) is -0.642. The van der Waals surface area contributed by atoms with E-state index in [1.165, 1.54) is 0 Å². The number of hydrogen-bond donors (Lipinski definition) is 2. The monoisotopic (exact) mass is 206 g/mol. The minimum absolute atomic E-state index is 0.281. The van der Waals surface area contributed by atoms with Gasteiger partial charge in [-0.2, -0.15) is 0 Å². The van der Waals surface area contributed by atoms with Gasteiger partial charge in [0.25, 0.3) is 0 Å². The fourth-order valence-electron chi connectivity index (χ4n) is 1.48. The van der Waals surface area contributed by atoms with Crippen LogP contribution in [-0.2, 0) is 9.84 Å². The summed E-state index contributed by atoms with van der Waals surface area (Å²) in [5.41, 5.74) is 5.43. The third kappa shape index (κ3) is 3.62. The van der Waals surface area contributed by atoms with Crippen LogP contribution < -0.4 is 11.1 Å². The molecule has 1 rings (SSSR count). The van der Waals surface area contributed by atoms with Gasteiger partial charge in [0.05, 0.1) is 11.5 Å². The smallest absolute Gasteiger partial charge is 0.150 e. The highest BCUT2D eigenvalue weighted by Gasteiger charge is 2.27. The topological polar surface area (TPSA) is 72.2 Å². The lowest BCUT2D eigenvalue weighted by molar-refractivity contribution is 0.471. The predicted molar refractivity (Wildman–Crippen MR) is 53.3 cm³/mol. The fraction of sp³-hybridized carbons (Fsp3) is 1.00. The molecule has 1 saturated heterocycles. The summed E-state index contributed by atoms with van der Waals surface area (Å²) in [6, 6.07) is 0.281. The van der Waals surface area contributed by atoms with Crippen LogP contribution in [0.1, 0.15) is 13.3 Å². The first kappa shape index (κ1) is 10.9. The Balaban J connectivity index is 2.25. The van der Waals surface area contributed by atoms with Crippen molar-refractivity contribution in [3.8, 4) is 0 Å². The van der Waals surface area contributed by atoms with E-state index in [0.717, 1.165) is 13.0 Å². The maximum absolute atomic E-state index is 11.1. The van der Waals surface area contributed by atoms with E-state index in [1.54, 1.807) is 0 Å². The molecule has 2 atom stereocenters. The standard InChI is InChI=1S/C8H18N2O2S/c1-7(4-9)10-5-8-2-3-13(11,12)6-8/h7-8,10H,2-6,9H2,1H3/t7-,8?/m0/s1. The van der Waals surface area contributed by atoms with Crippen molar-refractivity contribution in [2.75, 3.05) is 24.6 Å². The lowest BCUT2D eigenvalue weighted by Crippen LogP contribution is -2.36. The highest BCUT2D eigenvalue weighted by Crippen LogP contribution is 2.17. The first-order chi connectivity index (χ1) is 6.03. The second kappa shape index (κ2) is 4.39. The molecule has 0 aliphatic carbocycles. The lowest BCUT2D eigenvalue weighted by atomic mass is 10.1. The van der Waals surface area contributed by atoms with Gasteiger partial charge in [0.15, 0.2) is 9.84 Å². The van der Waals surface area contributed by atoms with Gasteiger partial charge in [0.1, 0.15) is 0 Å². The Morgan fingerprint density at radius 3 is 2.77 bits per heavy atom. The molecule has 0 amide bonds. The van der Waals surface area contributed by atoms with E-state index in [9.17, 15) is 8.42 Å². The number of nitrogens with one attached hydrogen (secondary N) is 1. The van der Waals surface area contributed by atoms with Crippen molar-refractivity contribution < 1.29 is 8.42 Å². The molecule has 5 heteroatoms. The zero-order valence-corrected chi connectivity index (χ0v) is 8.81. The molecular weight excluding hydrogens is 188 g/mol. The van der Waals surface area contributed by atoms with Crippen LogP contribution in [0.3, 0.4) is 0 Å². The molecule has 0 bridgehead atoms. The van der Waals surface area contributed by atoms with Crippen molar-refractivity contribution in [1.29, 1.82) is 0 Å². The van der Waals surface area contributed by atoms with Gasteiger partial charge in [-0.15, -0.1) is 0 Å². The minimum atomic E-state index is -2.72. The molecule has 0 aromatic carbocycles. The van der Waals surface area contributed by atoms with Gasteiger partial charge in [0, 0.05) is 12.6 Å². The summed E-state index contributed by atoms with van der Waals surface area (Å²) in [6.45, 7) is 3.38. The summed E-state index contributed by atoms with van der Waals surface area (Å²) in [5, 5.41) is 3.22. The molecule has 1 fully saturated rings. The van der Waals surface area contributed by atoms with Crippen LogP contribution in [0.15, 0.2) is 0 Å². The molecule has 1 heterocycles. The van der Waals surface area contributed by atoms with Crippen LogP contribution in [0, 0.1) is 5.92 Å². The quantitative estimate of drug-likeness (QED) is 0.641. The Kier molecular flexibility index (Phi) is 3.70. The van der Waals surface area contributed by atoms with Gasteiger partial charge in [-0.05, 0) is 25.8 Å². The number of rotatable bonds is 4. The summed E-state index contributed by atoms with van der Waals surface area (Å²) in [7, 11) is -2.72. The summed E-state index contributed by atoms with van der Waals surface area (Å²) in [4.78, 5) is 0. The Hall–Kier alpha value is -0.130. The minimum Gasteiger partial charge on any atom is -0.329 e. The molecule has 0 aromatic rings. The summed E-state index contributed by atoms with van der Waals surface area (Å²) < 4.78 is 22.2. The molecule has 3 N–H and O–H groups in total. The average molecular weight is 206 g/mol. The van der Waals surface area contributed by atoms with Crippen LogP contribution in [0.25, 0.3) is 0 Å². The molecule has 1 aliphatic heterocycles. The molecule has 0 spiro atoms. The molecule has 0 saturated carbocycles. The average Bonchev–Trinajstić information content (AvgIpc) is 2.41. The van der Waals surface area contributed by atoms with Crippen LogP contribution in [0.4, 0.5) is 0 Å². The van der Waals surface area contributed by atoms with Crippen molar-refractivity contribution >= 4 is 9.84 Å². The van der Waals surface area contributed by atoms with Crippen molar-refractivity contribution in [2.45, 2.75) is 19.4 Å². The Labute approximate surface area is 79.8 Å². The van der Waals surface area contributed by atoms with E-state index in [4.69, 9.17) is 5.73 Å². The summed E-state index contributed by atoms with van der Waals surface area (Å²) in [6.07, 6.45) is 0.798. The molecule has 1 unspecified atom stereocenters. The zero-order valence-electron chi connectivity index (χ0n) is 7.99. The second-order valence-electron chi connectivity index (χ2n) is 3.81. The highest BCUT2D eigenvalue weighted by molar-refractivity contribution is 7.91. The second-order valence-corrected chi connectivity index (χ2v) is 6.04. The van der Waals surface area contributed by atoms with Gasteiger partial charge in [-0.1, -0.05) is 0 Å². The molecule has 78 valence electrons. The van der Waals surface area contributed by atoms with Gasteiger partial charge < -0.3 is 11.1 Å². The maximum atomic E-state index is 11.1. The van der Waals surface area contributed by atoms with E-state index in [0.29, 0.717) is 24.0 Å². The maximum Gasteiger partial charge on any atom is 0.150 e. The van der Waals surface area contributed by atoms with Crippen LogP contribution in [0.5, 0.6) is 0 Å². The van der Waals surface area contributed by atoms with Crippen LogP contribution in [0.2, 0.25) is 0 Å². The Bertz CT molecular complexity index is 251. The first-order valence-electron chi connectivity index (χ1n) is 4.67. The molecule has 1 aliphatic rings. The summed E-state index contributed by atoms with van der Waals surface area (Å²) >= 11 is 0. The summed E-state index contributed by atoms with van der Waals surface area (Å²) in [5.74, 6) is 0.993. The van der Waals surface area contributed by atoms with Gasteiger partial charge in [-0.3, -0.25) is 0 Å². The number of nitrogens with two attached hydrogens (primary N) is 1. The molecule has 13 heavy (non-hydrogen) atoms. The van der Waals surface area contributed by atoms with Gasteiger partial charge in [-0.25, -0.2) is 8.42 Å². The zero-order chi connectivity index (χ0) is 9.90. The van der Waals surface area contributed by atoms with E-state index >= 15 is 0 Å². The van der Waals surface area contributed by atoms with Gasteiger partial charge in [0.2, 0.25) is 0 Å². The lowest BCUT2D eigenvalue weighted by Gasteiger charge is -2.14. The number of hydrogen-bond acceptors (Lipinski definition) is 4. The van der Waals surface area contributed by atoms with Crippen molar-refractivity contribution in [2.24, 2.45) is 11.7 Å². The third-order valence-electron chi connectivity index (χ3n) is 2.44. The Morgan fingerprint density at radius 2 is 2.31 bits per heavy atom. The molecule has 0 radical (unpaired) electrons. The van der Waals surface area contributed by atoms with Crippen molar-refractivity contribution in [1.82, 2.24) is 5.32 Å². The number of sulfone groups is 1. The van der Waals surface area contributed by atoms with Gasteiger partial charge >= 0.3 is 0 Å². The SMILES string of the molecule is C[C@@H](CN)NCC1CCS(=O)(=O)C1. The van der Waals surface area contributed by atoms with Crippen LogP contribution in [-0.4, -0.2) is 39.1 Å². The first-order valence-corrected chi connectivity index (χ1v) is 6.49. The molecular formula is C8H18N2O2S. The van der Waals surface area contributed by atoms with E-state index in [-0.39, 0.29) is 6.04 Å². The fourth-order valence-corrected chi connectivity index (χ4v) is 3.35. The van der Waals surface area contributed by atoms with E-state index < -0.39 is 9.84 Å². The van der Waals surface area contributed by atoms with E-state index in [1.807, 2.05) is 6.92 Å². The third-order valence-corrected chi connectivity index (χ3v) is 4.27. The van der Waals surface area contributed by atoms with Crippen molar-refractivity contribution in [3.05, 3.63) is 0 Å². The molecule has 0 aromatic heterocycles. The Morgan fingerprint density at radius 1 is 1.62 bits per heavy atom. The van der Waals surface area contributed by atoms with E-state index in [2.05, 4.69) is 5.32 Å². The largest absolute Gasteiger partial charge is 0.329 e. The molecule has 4 nitrogen and oxygen atoms in total. The highest BCUT2D eigenvalue weighted by atomic mass is 32.2. The van der Waals surface area contributed by atoms with Crippen molar-refractivity contribution in [3.63, 3.8) is 0 Å². The van der Waals surface area contributed by atoms with Crippen LogP contribution >= 0.6 is 0 Å². The normalized spacial score (nSPS) is 28.9.